The fraction of sp³-hybridized carbons (Fsp3) is 0.385. The number of amides is 2. The zero-order valence-corrected chi connectivity index (χ0v) is 20.6. The van der Waals surface area contributed by atoms with Crippen molar-refractivity contribution in [1.82, 2.24) is 15.5 Å². The molecule has 2 N–H and O–H groups in total. The molecule has 2 aliphatic heterocycles. The van der Waals surface area contributed by atoms with Crippen LogP contribution in [0.4, 0.5) is 10.5 Å². The average molecular weight is 483 g/mol. The van der Waals surface area contributed by atoms with E-state index in [1.807, 2.05) is 12.1 Å². The molecule has 0 radical (unpaired) electrons. The first-order valence-electron chi connectivity index (χ1n) is 11.6. The van der Waals surface area contributed by atoms with Crippen LogP contribution in [0.15, 0.2) is 59.8 Å². The summed E-state index contributed by atoms with van der Waals surface area (Å²) in [6.07, 6.45) is 0. The number of carbonyl (C=O) groups is 2. The zero-order valence-electron chi connectivity index (χ0n) is 19.8. The number of piperazine rings is 1. The van der Waals surface area contributed by atoms with E-state index < -0.39 is 12.0 Å². The van der Waals surface area contributed by atoms with Crippen molar-refractivity contribution in [3.8, 4) is 0 Å². The third-order valence-electron chi connectivity index (χ3n) is 6.28. The van der Waals surface area contributed by atoms with Crippen LogP contribution < -0.4 is 15.5 Å². The first-order chi connectivity index (χ1) is 16.4. The maximum Gasteiger partial charge on any atom is 0.338 e. The molecule has 4 rings (SSSR count). The Morgan fingerprint density at radius 1 is 1.18 bits per heavy atom. The summed E-state index contributed by atoms with van der Waals surface area (Å²) >= 11 is 6.05. The zero-order chi connectivity index (χ0) is 24.2. The molecule has 34 heavy (non-hydrogen) atoms. The van der Waals surface area contributed by atoms with E-state index in [0.717, 1.165) is 25.2 Å². The summed E-state index contributed by atoms with van der Waals surface area (Å²) in [5, 5.41) is 6.34. The van der Waals surface area contributed by atoms with E-state index in [1.165, 1.54) is 11.3 Å². The Kier molecular flexibility index (Phi) is 7.44. The van der Waals surface area contributed by atoms with Crippen LogP contribution in [0.3, 0.4) is 0 Å². The summed E-state index contributed by atoms with van der Waals surface area (Å²) in [6, 6.07) is 15.0. The summed E-state index contributed by atoms with van der Waals surface area (Å²) in [5.74, 6) is -0.434. The number of nitrogens with one attached hydrogen (secondary N) is 2. The van der Waals surface area contributed by atoms with Crippen molar-refractivity contribution in [2.45, 2.75) is 32.9 Å². The second-order valence-corrected chi connectivity index (χ2v) is 9.25. The normalized spacial score (nSPS) is 21.2. The maximum atomic E-state index is 13.0. The van der Waals surface area contributed by atoms with Crippen molar-refractivity contribution in [3.63, 3.8) is 0 Å². The van der Waals surface area contributed by atoms with Gasteiger partial charge < -0.3 is 20.3 Å². The molecule has 180 valence electrons. The lowest BCUT2D eigenvalue weighted by molar-refractivity contribution is -0.139. The van der Waals surface area contributed by atoms with Gasteiger partial charge >= 0.3 is 12.0 Å². The van der Waals surface area contributed by atoms with E-state index >= 15 is 0 Å². The number of anilines is 1. The van der Waals surface area contributed by atoms with Crippen LogP contribution in [0.5, 0.6) is 0 Å². The summed E-state index contributed by atoms with van der Waals surface area (Å²) in [6.45, 7) is 9.27. The van der Waals surface area contributed by atoms with Crippen molar-refractivity contribution < 1.29 is 14.3 Å². The number of carbonyl (C=O) groups excluding carboxylic acids is 2. The van der Waals surface area contributed by atoms with Gasteiger partial charge in [0, 0.05) is 48.6 Å². The third-order valence-corrected chi connectivity index (χ3v) is 6.53. The smallest absolute Gasteiger partial charge is 0.338 e. The fourth-order valence-electron chi connectivity index (χ4n) is 4.69. The van der Waals surface area contributed by atoms with Gasteiger partial charge in [-0.15, -0.1) is 0 Å². The number of ether oxygens (including phenoxy) is 1. The highest BCUT2D eigenvalue weighted by atomic mass is 35.5. The van der Waals surface area contributed by atoms with Gasteiger partial charge in [-0.3, -0.25) is 4.90 Å². The Labute approximate surface area is 205 Å². The average Bonchev–Trinajstić information content (AvgIpc) is 2.79. The van der Waals surface area contributed by atoms with E-state index in [2.05, 4.69) is 58.5 Å². The molecule has 0 bridgehead atoms. The number of esters is 1. The quantitative estimate of drug-likeness (QED) is 0.608. The van der Waals surface area contributed by atoms with Crippen molar-refractivity contribution in [2.24, 2.45) is 0 Å². The van der Waals surface area contributed by atoms with Crippen LogP contribution >= 0.6 is 11.6 Å². The number of aryl methyl sites for hydroxylation is 1. The highest BCUT2D eigenvalue weighted by Crippen LogP contribution is 2.30. The Bertz CT molecular complexity index is 1090. The predicted octanol–water partition coefficient (Wildman–Crippen LogP) is 4.03. The molecule has 0 unspecified atom stereocenters. The summed E-state index contributed by atoms with van der Waals surface area (Å²) in [7, 11) is 0. The van der Waals surface area contributed by atoms with E-state index in [-0.39, 0.29) is 18.7 Å². The number of nitrogens with zero attached hydrogens (tertiary/aromatic N) is 2. The third kappa shape index (κ3) is 5.37. The lowest BCUT2D eigenvalue weighted by Crippen LogP contribution is -2.54. The van der Waals surface area contributed by atoms with Crippen LogP contribution in [-0.4, -0.2) is 55.7 Å². The maximum absolute atomic E-state index is 13.0. The molecule has 2 atom stereocenters. The summed E-state index contributed by atoms with van der Waals surface area (Å²) < 4.78 is 5.38. The van der Waals surface area contributed by atoms with Crippen LogP contribution in [0.2, 0.25) is 5.02 Å². The van der Waals surface area contributed by atoms with Gasteiger partial charge in [-0.25, -0.2) is 9.59 Å². The van der Waals surface area contributed by atoms with Gasteiger partial charge in [0.05, 0.1) is 18.2 Å². The number of hydrogen-bond donors (Lipinski definition) is 2. The number of halogens is 1. The molecule has 1 fully saturated rings. The number of rotatable bonds is 6. The van der Waals surface area contributed by atoms with Gasteiger partial charge in [-0.05, 0) is 56.2 Å². The minimum Gasteiger partial charge on any atom is -0.463 e. The predicted molar refractivity (Wildman–Crippen MR) is 134 cm³/mol. The molecule has 7 nitrogen and oxygen atoms in total. The lowest BCUT2D eigenvalue weighted by atomic mass is 9.95. The molecular weight excluding hydrogens is 452 g/mol. The van der Waals surface area contributed by atoms with Gasteiger partial charge in [0.2, 0.25) is 0 Å². The molecule has 8 heteroatoms. The molecule has 1 saturated heterocycles. The fourth-order valence-corrected chi connectivity index (χ4v) is 4.81. The minimum atomic E-state index is -0.605. The van der Waals surface area contributed by atoms with Gasteiger partial charge in [-0.2, -0.15) is 0 Å². The van der Waals surface area contributed by atoms with Gasteiger partial charge in [0.1, 0.15) is 0 Å². The Morgan fingerprint density at radius 2 is 1.94 bits per heavy atom. The first kappa shape index (κ1) is 24.1. The van der Waals surface area contributed by atoms with Gasteiger partial charge in [0.25, 0.3) is 0 Å². The van der Waals surface area contributed by atoms with E-state index in [0.29, 0.717) is 22.8 Å². The molecule has 2 aromatic rings. The number of hydrogen-bond acceptors (Lipinski definition) is 5. The van der Waals surface area contributed by atoms with Crippen LogP contribution in [0.1, 0.15) is 31.0 Å². The Morgan fingerprint density at radius 3 is 2.62 bits per heavy atom. The van der Waals surface area contributed by atoms with Crippen LogP contribution in [0, 0.1) is 6.92 Å². The topological polar surface area (TPSA) is 73.9 Å². The largest absolute Gasteiger partial charge is 0.463 e. The monoisotopic (exact) mass is 482 g/mol. The molecular formula is C26H31ClN4O3. The molecule has 2 aliphatic rings. The SMILES string of the molecule is CCOC(=O)C1=C(CN2CCN(c3cccc(C)c3)[C@H](C)C2)NC(=O)N[C@@H]1c1ccc(Cl)cc1. The van der Waals surface area contributed by atoms with Crippen molar-refractivity contribution in [1.29, 1.82) is 0 Å². The standard InChI is InChI=1S/C26H31ClN4O3/c1-4-34-25(32)23-22(28-26(33)29-24(23)19-8-10-20(27)11-9-19)16-30-12-13-31(18(3)15-30)21-7-5-6-17(2)14-21/h5-11,14,18,24H,4,12-13,15-16H2,1-3H3,(H2,28,29,33)/t18-,24-/m1/s1. The van der Waals surface area contributed by atoms with Crippen molar-refractivity contribution >= 4 is 29.3 Å². The lowest BCUT2D eigenvalue weighted by Gasteiger charge is -2.42. The molecule has 2 aromatic carbocycles. The van der Waals surface area contributed by atoms with Crippen molar-refractivity contribution in [3.05, 3.63) is 76.0 Å². The summed E-state index contributed by atoms with van der Waals surface area (Å²) in [5.41, 5.74) is 4.24. The van der Waals surface area contributed by atoms with Gasteiger partial charge in [-0.1, -0.05) is 35.9 Å². The molecule has 0 saturated carbocycles. The second-order valence-electron chi connectivity index (χ2n) is 8.81. The highest BCUT2D eigenvalue weighted by molar-refractivity contribution is 6.30. The van der Waals surface area contributed by atoms with Gasteiger partial charge in [0.15, 0.2) is 0 Å². The molecule has 0 aromatic heterocycles. The van der Waals surface area contributed by atoms with E-state index in [9.17, 15) is 9.59 Å². The highest BCUT2D eigenvalue weighted by Gasteiger charge is 2.35. The first-order valence-corrected chi connectivity index (χ1v) is 12.0. The molecule has 0 aliphatic carbocycles. The molecule has 2 heterocycles. The molecule has 0 spiro atoms. The second kappa shape index (κ2) is 10.5. The van der Waals surface area contributed by atoms with Crippen LogP contribution in [0.25, 0.3) is 0 Å². The van der Waals surface area contributed by atoms with E-state index in [4.69, 9.17) is 16.3 Å². The number of urea groups is 1. The summed E-state index contributed by atoms with van der Waals surface area (Å²) in [4.78, 5) is 30.3. The minimum absolute atomic E-state index is 0.253. The molecule has 2 amide bonds. The van der Waals surface area contributed by atoms with Crippen LogP contribution in [-0.2, 0) is 9.53 Å². The van der Waals surface area contributed by atoms with Crippen molar-refractivity contribution in [2.75, 3.05) is 37.7 Å². The Balaban J connectivity index is 1.58. The number of benzene rings is 2. The van der Waals surface area contributed by atoms with E-state index in [1.54, 1.807) is 19.1 Å². The Hall–Kier alpha value is -3.03.